The Balaban J connectivity index is 1.63. The molecule has 0 atom stereocenters. The topological polar surface area (TPSA) is 93.3 Å². The molecule has 2 aromatic carbocycles. The second kappa shape index (κ2) is 8.57. The number of hydrogen-bond acceptors (Lipinski definition) is 6. The maximum absolute atomic E-state index is 10.8. The summed E-state index contributed by atoms with van der Waals surface area (Å²) in [4.78, 5) is 10.8. The normalized spacial score (nSPS) is 10.7. The molecule has 3 rings (SSSR count). The van der Waals surface area contributed by atoms with Crippen LogP contribution in [0.5, 0.6) is 11.5 Å². The number of furan rings is 1. The molecule has 0 unspecified atom stereocenters. The largest absolute Gasteiger partial charge is 0.493 e. The van der Waals surface area contributed by atoms with Crippen molar-refractivity contribution in [1.29, 1.82) is 0 Å². The van der Waals surface area contributed by atoms with Crippen LogP contribution in [0.4, 0.5) is 5.69 Å². The summed E-state index contributed by atoms with van der Waals surface area (Å²) in [6.45, 7) is 0.0899. The predicted molar refractivity (Wildman–Crippen MR) is 101 cm³/mol. The molecule has 0 aliphatic carbocycles. The van der Waals surface area contributed by atoms with Gasteiger partial charge >= 0.3 is 5.97 Å². The zero-order valence-corrected chi connectivity index (χ0v) is 14.6. The van der Waals surface area contributed by atoms with E-state index in [1.807, 2.05) is 36.4 Å². The van der Waals surface area contributed by atoms with Crippen molar-refractivity contribution in [1.82, 2.24) is 0 Å². The Morgan fingerprint density at radius 1 is 1.15 bits per heavy atom. The lowest BCUT2D eigenvalue weighted by Gasteiger charge is -2.10. The molecule has 0 saturated carbocycles. The Labute approximate surface area is 155 Å². The molecule has 0 aliphatic heterocycles. The molecule has 2 N–H and O–H groups in total. The van der Waals surface area contributed by atoms with Crippen molar-refractivity contribution in [3.8, 4) is 11.5 Å². The van der Waals surface area contributed by atoms with Gasteiger partial charge in [-0.05, 0) is 48.0 Å². The van der Waals surface area contributed by atoms with E-state index >= 15 is 0 Å². The van der Waals surface area contributed by atoms with Crippen molar-refractivity contribution in [2.24, 2.45) is 5.10 Å². The summed E-state index contributed by atoms with van der Waals surface area (Å²) < 4.78 is 16.2. The van der Waals surface area contributed by atoms with Crippen LogP contribution >= 0.6 is 0 Å². The van der Waals surface area contributed by atoms with Gasteiger partial charge in [0.05, 0.1) is 19.0 Å². The first-order chi connectivity index (χ1) is 13.2. The van der Waals surface area contributed by atoms with Crippen molar-refractivity contribution in [2.75, 3.05) is 12.5 Å². The van der Waals surface area contributed by atoms with Crippen LogP contribution in [0.2, 0.25) is 0 Å². The molecule has 7 heteroatoms. The van der Waals surface area contributed by atoms with Gasteiger partial charge in [0.15, 0.2) is 11.5 Å². The number of carbonyl (C=O) groups is 1. The molecule has 3 aromatic rings. The van der Waals surface area contributed by atoms with Gasteiger partial charge in [-0.1, -0.05) is 18.2 Å². The quantitative estimate of drug-likeness (QED) is 0.462. The molecular formula is C20H18N2O5. The lowest BCUT2D eigenvalue weighted by atomic mass is 10.2. The first-order valence-corrected chi connectivity index (χ1v) is 8.12. The second-order valence-electron chi connectivity index (χ2n) is 5.51. The standard InChI is InChI=1S/C20H18N2O5/c1-25-19-11-14(12-21-22-15-5-3-2-4-6-15)7-9-17(19)26-13-16-8-10-18(27-16)20(23)24/h2-12,22H,13H2,1H3,(H,23,24). The van der Waals surface area contributed by atoms with Crippen LogP contribution in [0.25, 0.3) is 0 Å². The van der Waals surface area contributed by atoms with Crippen LogP contribution in [0, 0.1) is 0 Å². The highest BCUT2D eigenvalue weighted by Crippen LogP contribution is 2.28. The Morgan fingerprint density at radius 2 is 1.96 bits per heavy atom. The molecule has 0 saturated heterocycles. The molecule has 0 spiro atoms. The number of methoxy groups -OCH3 is 1. The Hall–Kier alpha value is -3.74. The SMILES string of the molecule is COc1cc(C=NNc2ccccc2)ccc1OCc1ccc(C(=O)O)o1. The van der Waals surface area contributed by atoms with E-state index in [-0.39, 0.29) is 12.4 Å². The molecule has 0 aliphatic rings. The van der Waals surface area contributed by atoms with Crippen molar-refractivity contribution < 1.29 is 23.8 Å². The van der Waals surface area contributed by atoms with Crippen LogP contribution < -0.4 is 14.9 Å². The van der Waals surface area contributed by atoms with E-state index in [4.69, 9.17) is 19.0 Å². The third kappa shape index (κ3) is 4.88. The summed E-state index contributed by atoms with van der Waals surface area (Å²) in [5.74, 6) is 0.208. The lowest BCUT2D eigenvalue weighted by molar-refractivity contribution is 0.0658. The lowest BCUT2D eigenvalue weighted by Crippen LogP contribution is -1.98. The molecule has 0 fully saturated rings. The summed E-state index contributed by atoms with van der Waals surface area (Å²) in [5.41, 5.74) is 4.66. The average molecular weight is 366 g/mol. The maximum Gasteiger partial charge on any atom is 0.371 e. The van der Waals surface area contributed by atoms with Gasteiger partial charge in [-0.25, -0.2) is 4.79 Å². The third-order valence-corrected chi connectivity index (χ3v) is 3.61. The molecule has 1 heterocycles. The zero-order valence-electron chi connectivity index (χ0n) is 14.6. The maximum atomic E-state index is 10.8. The molecule has 1 aromatic heterocycles. The van der Waals surface area contributed by atoms with E-state index in [2.05, 4.69) is 10.5 Å². The fourth-order valence-electron chi connectivity index (χ4n) is 2.30. The summed E-state index contributed by atoms with van der Waals surface area (Å²) in [6, 6.07) is 17.9. The number of hydrazone groups is 1. The number of anilines is 1. The Bertz CT molecular complexity index is 935. The van der Waals surface area contributed by atoms with Gasteiger partial charge in [0.2, 0.25) is 5.76 Å². The number of nitrogens with one attached hydrogen (secondary N) is 1. The van der Waals surface area contributed by atoms with Gasteiger partial charge in [-0.3, -0.25) is 5.43 Å². The number of carboxylic acids is 1. The number of ether oxygens (including phenoxy) is 2. The summed E-state index contributed by atoms with van der Waals surface area (Å²) in [6.07, 6.45) is 1.67. The Kier molecular flexibility index (Phi) is 5.73. The highest BCUT2D eigenvalue weighted by atomic mass is 16.5. The number of nitrogens with zero attached hydrogens (tertiary/aromatic N) is 1. The minimum Gasteiger partial charge on any atom is -0.493 e. The van der Waals surface area contributed by atoms with E-state index in [0.717, 1.165) is 11.3 Å². The zero-order chi connectivity index (χ0) is 19.1. The molecular weight excluding hydrogens is 348 g/mol. The van der Waals surface area contributed by atoms with Crippen molar-refractivity contribution in [3.05, 3.63) is 77.7 Å². The monoisotopic (exact) mass is 366 g/mol. The molecule has 7 nitrogen and oxygen atoms in total. The molecule has 138 valence electrons. The average Bonchev–Trinajstić information content (AvgIpc) is 3.17. The van der Waals surface area contributed by atoms with Crippen LogP contribution in [-0.2, 0) is 6.61 Å². The minimum atomic E-state index is -1.12. The first-order valence-electron chi connectivity index (χ1n) is 8.12. The summed E-state index contributed by atoms with van der Waals surface area (Å²) in [7, 11) is 1.54. The van der Waals surface area contributed by atoms with Crippen LogP contribution in [0.3, 0.4) is 0 Å². The number of carboxylic acid groups (broad SMARTS) is 1. The van der Waals surface area contributed by atoms with Gasteiger partial charge in [-0.15, -0.1) is 0 Å². The fraction of sp³-hybridized carbons (Fsp3) is 0.100. The van der Waals surface area contributed by atoms with Gasteiger partial charge in [-0.2, -0.15) is 5.10 Å². The van der Waals surface area contributed by atoms with Crippen molar-refractivity contribution in [3.63, 3.8) is 0 Å². The van der Waals surface area contributed by atoms with Gasteiger partial charge in [0.1, 0.15) is 12.4 Å². The van der Waals surface area contributed by atoms with E-state index in [1.54, 1.807) is 31.5 Å². The van der Waals surface area contributed by atoms with E-state index < -0.39 is 5.97 Å². The number of hydrogen-bond donors (Lipinski definition) is 2. The first kappa shape index (κ1) is 18.1. The number of rotatable bonds is 8. The fourth-order valence-corrected chi connectivity index (χ4v) is 2.30. The van der Waals surface area contributed by atoms with Crippen molar-refractivity contribution >= 4 is 17.9 Å². The van der Waals surface area contributed by atoms with Gasteiger partial charge in [0, 0.05) is 0 Å². The van der Waals surface area contributed by atoms with Crippen LogP contribution in [0.1, 0.15) is 21.9 Å². The molecule has 27 heavy (non-hydrogen) atoms. The number of benzene rings is 2. The highest BCUT2D eigenvalue weighted by molar-refractivity contribution is 5.84. The second-order valence-corrected chi connectivity index (χ2v) is 5.51. The van der Waals surface area contributed by atoms with E-state index in [0.29, 0.717) is 17.3 Å². The van der Waals surface area contributed by atoms with Crippen LogP contribution in [0.15, 0.2) is 70.2 Å². The Morgan fingerprint density at radius 3 is 2.67 bits per heavy atom. The van der Waals surface area contributed by atoms with Gasteiger partial charge in [0.25, 0.3) is 0 Å². The molecule has 0 bridgehead atoms. The third-order valence-electron chi connectivity index (χ3n) is 3.61. The van der Waals surface area contributed by atoms with Crippen molar-refractivity contribution in [2.45, 2.75) is 6.61 Å². The summed E-state index contributed by atoms with van der Waals surface area (Å²) >= 11 is 0. The smallest absolute Gasteiger partial charge is 0.371 e. The predicted octanol–water partition coefficient (Wildman–Crippen LogP) is 4.01. The van der Waals surface area contributed by atoms with E-state index in [1.165, 1.54) is 6.07 Å². The number of aromatic carboxylic acids is 1. The minimum absolute atomic E-state index is 0.0899. The highest BCUT2D eigenvalue weighted by Gasteiger charge is 2.11. The molecule has 0 radical (unpaired) electrons. The van der Waals surface area contributed by atoms with E-state index in [9.17, 15) is 4.79 Å². The molecule has 0 amide bonds. The van der Waals surface area contributed by atoms with Gasteiger partial charge < -0.3 is 19.0 Å². The van der Waals surface area contributed by atoms with Crippen LogP contribution in [-0.4, -0.2) is 24.4 Å². The summed E-state index contributed by atoms with van der Waals surface area (Å²) in [5, 5.41) is 13.1. The number of para-hydroxylation sites is 1.